The highest BCUT2D eigenvalue weighted by atomic mass is 32.2. The largest absolute Gasteiger partial charge is 0.435 e. The highest BCUT2D eigenvalue weighted by molar-refractivity contribution is 7.92. The maximum atomic E-state index is 15.5. The van der Waals surface area contributed by atoms with Crippen molar-refractivity contribution in [2.75, 3.05) is 10.6 Å². The second-order valence-electron chi connectivity index (χ2n) is 8.14. The van der Waals surface area contributed by atoms with Crippen LogP contribution < -0.4 is 14.8 Å². The van der Waals surface area contributed by atoms with Crippen LogP contribution in [0.15, 0.2) is 66.7 Å². The summed E-state index contributed by atoms with van der Waals surface area (Å²) < 4.78 is 85.3. The van der Waals surface area contributed by atoms with Crippen molar-refractivity contribution in [1.29, 1.82) is 0 Å². The Morgan fingerprint density at radius 2 is 1.63 bits per heavy atom. The summed E-state index contributed by atoms with van der Waals surface area (Å²) in [5.41, 5.74) is 3.71. The van der Waals surface area contributed by atoms with E-state index in [9.17, 15) is 26.7 Å². The van der Waals surface area contributed by atoms with Crippen molar-refractivity contribution in [3.05, 3.63) is 95.1 Å². The van der Waals surface area contributed by atoms with Gasteiger partial charge in [0.2, 0.25) is 10.0 Å². The summed E-state index contributed by atoms with van der Waals surface area (Å²) >= 11 is 0. The lowest BCUT2D eigenvalue weighted by molar-refractivity contribution is -0.0498. The van der Waals surface area contributed by atoms with E-state index in [-0.39, 0.29) is 23.4 Å². The SMILES string of the molecule is CC(N)(O)c1cccc(N(C(Cc2ccc(F)cc2)c2ccc(OC(F)F)cc2)S(C)(=O)=O)c1F. The summed E-state index contributed by atoms with van der Waals surface area (Å²) in [6.45, 7) is -1.90. The molecule has 0 heterocycles. The number of nitrogens with two attached hydrogens (primary N) is 1. The second kappa shape index (κ2) is 10.2. The zero-order chi connectivity index (χ0) is 26.0. The fourth-order valence-corrected chi connectivity index (χ4v) is 4.87. The Balaban J connectivity index is 2.19. The van der Waals surface area contributed by atoms with Crippen molar-refractivity contribution in [2.45, 2.75) is 31.7 Å². The van der Waals surface area contributed by atoms with E-state index in [1.54, 1.807) is 0 Å². The Kier molecular flexibility index (Phi) is 7.73. The normalized spacial score (nSPS) is 14.4. The van der Waals surface area contributed by atoms with Gasteiger partial charge in [-0.2, -0.15) is 8.78 Å². The van der Waals surface area contributed by atoms with Gasteiger partial charge in [-0.25, -0.2) is 17.2 Å². The van der Waals surface area contributed by atoms with E-state index in [0.717, 1.165) is 17.5 Å². The fourth-order valence-electron chi connectivity index (χ4n) is 3.71. The van der Waals surface area contributed by atoms with Crippen molar-refractivity contribution >= 4 is 15.7 Å². The van der Waals surface area contributed by atoms with Crippen molar-refractivity contribution in [3.63, 3.8) is 0 Å². The number of rotatable bonds is 9. The number of alkyl halides is 2. The Morgan fingerprint density at radius 1 is 1.03 bits per heavy atom. The number of nitrogens with zero attached hydrogens (tertiary/aromatic N) is 1. The molecule has 0 saturated carbocycles. The van der Waals surface area contributed by atoms with Gasteiger partial charge in [-0.1, -0.05) is 36.4 Å². The Hall–Kier alpha value is -3.15. The molecule has 0 aromatic heterocycles. The van der Waals surface area contributed by atoms with Crippen LogP contribution in [0.1, 0.15) is 29.7 Å². The molecule has 6 nitrogen and oxygen atoms in total. The summed E-state index contributed by atoms with van der Waals surface area (Å²) in [4.78, 5) is 0. The van der Waals surface area contributed by atoms with Crippen molar-refractivity contribution in [3.8, 4) is 5.75 Å². The lowest BCUT2D eigenvalue weighted by Gasteiger charge is -2.33. The van der Waals surface area contributed by atoms with E-state index in [1.165, 1.54) is 66.7 Å². The van der Waals surface area contributed by atoms with E-state index in [2.05, 4.69) is 4.74 Å². The summed E-state index contributed by atoms with van der Waals surface area (Å²) in [5.74, 6) is -1.70. The van der Waals surface area contributed by atoms with Crippen LogP contribution in [-0.4, -0.2) is 26.4 Å². The van der Waals surface area contributed by atoms with Gasteiger partial charge in [-0.3, -0.25) is 10.0 Å². The average Bonchev–Trinajstić information content (AvgIpc) is 2.74. The van der Waals surface area contributed by atoms with Gasteiger partial charge in [0.15, 0.2) is 5.82 Å². The van der Waals surface area contributed by atoms with Crippen LogP contribution in [0.25, 0.3) is 0 Å². The van der Waals surface area contributed by atoms with Crippen LogP contribution in [0.3, 0.4) is 0 Å². The van der Waals surface area contributed by atoms with E-state index < -0.39 is 40.0 Å². The second-order valence-corrected chi connectivity index (χ2v) is 10.00. The monoisotopic (exact) mass is 512 g/mol. The number of ether oxygens (including phenoxy) is 1. The minimum Gasteiger partial charge on any atom is -0.435 e. The highest BCUT2D eigenvalue weighted by Crippen LogP contribution is 2.37. The van der Waals surface area contributed by atoms with Gasteiger partial charge in [0.1, 0.15) is 17.3 Å². The average molecular weight is 513 g/mol. The van der Waals surface area contributed by atoms with Gasteiger partial charge in [-0.05, 0) is 54.8 Å². The zero-order valence-corrected chi connectivity index (χ0v) is 19.6. The molecule has 2 atom stereocenters. The summed E-state index contributed by atoms with van der Waals surface area (Å²) in [6, 6.07) is 13.2. The zero-order valence-electron chi connectivity index (χ0n) is 18.8. The molecular formula is C24H24F4N2O4S. The first-order valence-electron chi connectivity index (χ1n) is 10.4. The van der Waals surface area contributed by atoms with E-state index >= 15 is 4.39 Å². The third-order valence-electron chi connectivity index (χ3n) is 5.23. The number of sulfonamides is 1. The third-order valence-corrected chi connectivity index (χ3v) is 6.40. The van der Waals surface area contributed by atoms with Crippen molar-refractivity contribution in [2.24, 2.45) is 5.73 Å². The fraction of sp³-hybridized carbons (Fsp3) is 0.250. The van der Waals surface area contributed by atoms with Crippen LogP contribution in [0.5, 0.6) is 5.75 Å². The molecule has 0 aliphatic carbocycles. The van der Waals surface area contributed by atoms with Gasteiger partial charge >= 0.3 is 6.61 Å². The molecule has 0 fully saturated rings. The van der Waals surface area contributed by atoms with Crippen LogP contribution in [0.2, 0.25) is 0 Å². The van der Waals surface area contributed by atoms with Crippen LogP contribution in [0.4, 0.5) is 23.2 Å². The molecule has 11 heteroatoms. The molecule has 3 N–H and O–H groups in total. The predicted molar refractivity (Wildman–Crippen MR) is 123 cm³/mol. The molecule has 3 rings (SSSR count). The van der Waals surface area contributed by atoms with Crippen LogP contribution in [-0.2, 0) is 22.2 Å². The van der Waals surface area contributed by atoms with E-state index in [0.29, 0.717) is 11.1 Å². The van der Waals surface area contributed by atoms with E-state index in [1.807, 2.05) is 0 Å². The van der Waals surface area contributed by atoms with Crippen LogP contribution in [0, 0.1) is 11.6 Å². The number of benzene rings is 3. The first kappa shape index (κ1) is 26.5. The Labute approximate surface area is 200 Å². The first-order valence-corrected chi connectivity index (χ1v) is 12.2. The standard InChI is InChI=1S/C24H24F4N2O4S/c1-24(29,31)19-4-3-5-20(22(19)26)30(35(2,32)33)21(14-15-6-10-17(25)11-7-15)16-8-12-18(13-9-16)34-23(27)28/h3-13,21,23,31H,14,29H2,1-2H3. The molecule has 2 unspecified atom stereocenters. The van der Waals surface area contributed by atoms with Gasteiger partial charge in [0.05, 0.1) is 18.0 Å². The molecule has 3 aromatic rings. The molecule has 188 valence electrons. The number of anilines is 1. The predicted octanol–water partition coefficient (Wildman–Crippen LogP) is 4.44. The minimum absolute atomic E-state index is 0.0227. The Morgan fingerprint density at radius 3 is 2.14 bits per heavy atom. The minimum atomic E-state index is -4.16. The Bertz CT molecular complexity index is 1260. The maximum absolute atomic E-state index is 15.5. The third kappa shape index (κ3) is 6.50. The van der Waals surface area contributed by atoms with Gasteiger partial charge in [0, 0.05) is 5.56 Å². The number of hydrogen-bond donors (Lipinski definition) is 2. The van der Waals surface area contributed by atoms with Crippen LogP contribution >= 0.6 is 0 Å². The molecule has 0 saturated heterocycles. The van der Waals surface area contributed by atoms with E-state index in [4.69, 9.17) is 5.73 Å². The lowest BCUT2D eigenvalue weighted by atomic mass is 9.97. The molecular weight excluding hydrogens is 488 g/mol. The first-order chi connectivity index (χ1) is 16.3. The molecule has 0 aliphatic rings. The number of halogens is 4. The molecule has 0 aliphatic heterocycles. The quantitative estimate of drug-likeness (QED) is 0.327. The molecule has 0 radical (unpaired) electrons. The van der Waals surface area contributed by atoms with Gasteiger partial charge < -0.3 is 9.84 Å². The van der Waals surface area contributed by atoms with Crippen molar-refractivity contribution in [1.82, 2.24) is 0 Å². The number of hydrogen-bond acceptors (Lipinski definition) is 5. The maximum Gasteiger partial charge on any atom is 0.387 e. The smallest absolute Gasteiger partial charge is 0.387 e. The van der Waals surface area contributed by atoms with Gasteiger partial charge in [0.25, 0.3) is 0 Å². The molecule has 0 amide bonds. The highest BCUT2D eigenvalue weighted by Gasteiger charge is 2.33. The summed E-state index contributed by atoms with van der Waals surface area (Å²) in [6.07, 6.45) is 0.858. The lowest BCUT2D eigenvalue weighted by Crippen LogP contribution is -2.38. The molecule has 35 heavy (non-hydrogen) atoms. The summed E-state index contributed by atoms with van der Waals surface area (Å²) in [7, 11) is -4.16. The molecule has 0 spiro atoms. The molecule has 3 aromatic carbocycles. The molecule has 0 bridgehead atoms. The van der Waals surface area contributed by atoms with Crippen molar-refractivity contribution < 1.29 is 35.8 Å². The topological polar surface area (TPSA) is 92.9 Å². The van der Waals surface area contributed by atoms with Gasteiger partial charge in [-0.15, -0.1) is 0 Å². The number of aliphatic hydroxyl groups is 1. The summed E-state index contributed by atoms with van der Waals surface area (Å²) in [5, 5.41) is 10.2.